The van der Waals surface area contributed by atoms with Crippen LogP contribution in [0, 0.1) is 0 Å². The van der Waals surface area contributed by atoms with Gasteiger partial charge in [-0.1, -0.05) is 17.7 Å². The van der Waals surface area contributed by atoms with Gasteiger partial charge in [-0.05, 0) is 19.1 Å². The smallest absolute Gasteiger partial charge is 0.256 e. The van der Waals surface area contributed by atoms with Gasteiger partial charge in [-0.2, -0.15) is 11.8 Å². The standard InChI is InChI=1S/C12H15ClN2OS/c1-8-7-17-6-5-15(8)12(16)9-3-2-4-10(13)11(9)14/h2-4,8H,5-7,14H2,1H3. The van der Waals surface area contributed by atoms with Gasteiger partial charge in [0.05, 0.1) is 16.3 Å². The minimum absolute atomic E-state index is 0.0159. The molecule has 3 nitrogen and oxygen atoms in total. The highest BCUT2D eigenvalue weighted by Crippen LogP contribution is 2.26. The van der Waals surface area contributed by atoms with E-state index in [9.17, 15) is 4.79 Å². The second-order valence-electron chi connectivity index (χ2n) is 4.12. The molecule has 1 aliphatic heterocycles. The van der Waals surface area contributed by atoms with Crippen LogP contribution in [-0.2, 0) is 0 Å². The minimum Gasteiger partial charge on any atom is -0.397 e. The molecule has 1 aromatic carbocycles. The maximum atomic E-state index is 12.4. The molecule has 1 aliphatic rings. The van der Waals surface area contributed by atoms with Crippen molar-refractivity contribution in [1.29, 1.82) is 0 Å². The quantitative estimate of drug-likeness (QED) is 0.798. The first kappa shape index (κ1) is 12.6. The first-order valence-corrected chi connectivity index (χ1v) is 7.07. The first-order chi connectivity index (χ1) is 8.11. The number of nitrogens with zero attached hydrogens (tertiary/aromatic N) is 1. The van der Waals surface area contributed by atoms with Crippen molar-refractivity contribution in [1.82, 2.24) is 4.90 Å². The predicted molar refractivity (Wildman–Crippen MR) is 73.7 cm³/mol. The van der Waals surface area contributed by atoms with Gasteiger partial charge in [0.2, 0.25) is 0 Å². The number of carbonyl (C=O) groups excluding carboxylic acids is 1. The van der Waals surface area contributed by atoms with Gasteiger partial charge in [-0.15, -0.1) is 0 Å². The predicted octanol–water partition coefficient (Wildman–Crippen LogP) is 2.50. The lowest BCUT2D eigenvalue weighted by Gasteiger charge is -2.33. The second-order valence-corrected chi connectivity index (χ2v) is 5.68. The van der Waals surface area contributed by atoms with Crippen molar-refractivity contribution in [2.45, 2.75) is 13.0 Å². The molecule has 0 bridgehead atoms. The number of para-hydroxylation sites is 1. The molecule has 0 aromatic heterocycles. The van der Waals surface area contributed by atoms with E-state index in [4.69, 9.17) is 17.3 Å². The summed E-state index contributed by atoms with van der Waals surface area (Å²) in [5.74, 6) is 1.95. The monoisotopic (exact) mass is 270 g/mol. The third kappa shape index (κ3) is 2.53. The fraction of sp³-hybridized carbons (Fsp3) is 0.417. The van der Waals surface area contributed by atoms with Crippen LogP contribution in [0.3, 0.4) is 0 Å². The van der Waals surface area contributed by atoms with Crippen molar-refractivity contribution in [2.75, 3.05) is 23.8 Å². The van der Waals surface area contributed by atoms with E-state index in [1.54, 1.807) is 18.2 Å². The molecule has 0 radical (unpaired) electrons. The van der Waals surface area contributed by atoms with Crippen molar-refractivity contribution in [3.05, 3.63) is 28.8 Å². The van der Waals surface area contributed by atoms with E-state index in [1.165, 1.54) is 0 Å². The summed E-state index contributed by atoms with van der Waals surface area (Å²) in [4.78, 5) is 14.2. The Hall–Kier alpha value is -0.870. The third-order valence-corrected chi connectivity index (χ3v) is 4.43. The summed E-state index contributed by atoms with van der Waals surface area (Å²) in [6.45, 7) is 2.83. The Balaban J connectivity index is 2.27. The van der Waals surface area contributed by atoms with Crippen LogP contribution in [0.5, 0.6) is 0 Å². The summed E-state index contributed by atoms with van der Waals surface area (Å²) in [5, 5.41) is 0.440. The summed E-state index contributed by atoms with van der Waals surface area (Å²) in [5.41, 5.74) is 6.74. The van der Waals surface area contributed by atoms with E-state index < -0.39 is 0 Å². The average Bonchev–Trinajstić information content (AvgIpc) is 2.32. The number of carbonyl (C=O) groups is 1. The van der Waals surface area contributed by atoms with Crippen LogP contribution in [0.1, 0.15) is 17.3 Å². The summed E-state index contributed by atoms with van der Waals surface area (Å²) in [7, 11) is 0. The Bertz CT molecular complexity index is 439. The SMILES string of the molecule is CC1CSCCN1C(=O)c1cccc(Cl)c1N. The topological polar surface area (TPSA) is 46.3 Å². The Morgan fingerprint density at radius 2 is 2.35 bits per heavy atom. The highest BCUT2D eigenvalue weighted by molar-refractivity contribution is 7.99. The van der Waals surface area contributed by atoms with Crippen LogP contribution < -0.4 is 5.73 Å². The van der Waals surface area contributed by atoms with Crippen LogP contribution >= 0.6 is 23.4 Å². The van der Waals surface area contributed by atoms with Gasteiger partial charge < -0.3 is 10.6 Å². The van der Waals surface area contributed by atoms with Crippen LogP contribution in [0.4, 0.5) is 5.69 Å². The molecule has 5 heteroatoms. The minimum atomic E-state index is -0.0159. The molecular weight excluding hydrogens is 256 g/mol. The Labute approximate surface area is 110 Å². The number of halogens is 1. The van der Waals surface area contributed by atoms with Gasteiger partial charge in [-0.25, -0.2) is 0 Å². The molecular formula is C12H15ClN2OS. The number of benzene rings is 1. The van der Waals surface area contributed by atoms with Crippen LogP contribution in [-0.4, -0.2) is 34.9 Å². The number of hydrogen-bond acceptors (Lipinski definition) is 3. The molecule has 1 fully saturated rings. The molecule has 0 spiro atoms. The zero-order chi connectivity index (χ0) is 12.4. The highest BCUT2D eigenvalue weighted by atomic mass is 35.5. The van der Waals surface area contributed by atoms with Gasteiger partial charge >= 0.3 is 0 Å². The van der Waals surface area contributed by atoms with E-state index in [2.05, 4.69) is 6.92 Å². The fourth-order valence-electron chi connectivity index (χ4n) is 1.91. The Kier molecular flexibility index (Phi) is 3.84. The summed E-state index contributed by atoms with van der Waals surface area (Å²) in [6.07, 6.45) is 0. The normalized spacial score (nSPS) is 20.4. The van der Waals surface area contributed by atoms with Crippen molar-refractivity contribution >= 4 is 35.0 Å². The van der Waals surface area contributed by atoms with Crippen molar-refractivity contribution in [3.63, 3.8) is 0 Å². The average molecular weight is 271 g/mol. The number of thioether (sulfide) groups is 1. The van der Waals surface area contributed by atoms with Gasteiger partial charge in [0, 0.05) is 24.1 Å². The maximum Gasteiger partial charge on any atom is 0.256 e. The number of nitrogens with two attached hydrogens (primary N) is 1. The summed E-state index contributed by atoms with van der Waals surface area (Å²) >= 11 is 7.81. The van der Waals surface area contributed by atoms with Crippen LogP contribution in [0.25, 0.3) is 0 Å². The van der Waals surface area contributed by atoms with E-state index >= 15 is 0 Å². The van der Waals surface area contributed by atoms with Crippen molar-refractivity contribution in [2.24, 2.45) is 0 Å². The zero-order valence-corrected chi connectivity index (χ0v) is 11.2. The molecule has 2 rings (SSSR count). The van der Waals surface area contributed by atoms with E-state index in [0.29, 0.717) is 16.3 Å². The fourth-order valence-corrected chi connectivity index (χ4v) is 3.10. The lowest BCUT2D eigenvalue weighted by molar-refractivity contribution is 0.0717. The molecule has 1 saturated heterocycles. The van der Waals surface area contributed by atoms with E-state index in [1.807, 2.05) is 16.7 Å². The molecule has 1 aromatic rings. The van der Waals surface area contributed by atoms with Gasteiger partial charge in [-0.3, -0.25) is 4.79 Å². The number of rotatable bonds is 1. The Morgan fingerprint density at radius 1 is 1.59 bits per heavy atom. The molecule has 1 amide bonds. The van der Waals surface area contributed by atoms with Crippen LogP contribution in [0.2, 0.25) is 5.02 Å². The van der Waals surface area contributed by atoms with Crippen molar-refractivity contribution < 1.29 is 4.79 Å². The first-order valence-electron chi connectivity index (χ1n) is 5.54. The van der Waals surface area contributed by atoms with Gasteiger partial charge in [0.1, 0.15) is 0 Å². The Morgan fingerprint density at radius 3 is 3.06 bits per heavy atom. The molecule has 17 heavy (non-hydrogen) atoms. The number of nitrogen functional groups attached to an aromatic ring is 1. The molecule has 1 heterocycles. The van der Waals surface area contributed by atoms with Crippen molar-refractivity contribution in [3.8, 4) is 0 Å². The van der Waals surface area contributed by atoms with Crippen LogP contribution in [0.15, 0.2) is 18.2 Å². The van der Waals surface area contributed by atoms with E-state index in [-0.39, 0.29) is 11.9 Å². The maximum absolute atomic E-state index is 12.4. The van der Waals surface area contributed by atoms with Gasteiger partial charge in [0.25, 0.3) is 5.91 Å². The molecule has 0 saturated carbocycles. The lowest BCUT2D eigenvalue weighted by atomic mass is 10.1. The number of anilines is 1. The molecule has 92 valence electrons. The molecule has 2 N–H and O–H groups in total. The second kappa shape index (κ2) is 5.19. The molecule has 0 aliphatic carbocycles. The zero-order valence-electron chi connectivity index (χ0n) is 9.65. The molecule has 1 atom stereocenters. The summed E-state index contributed by atoms with van der Waals surface area (Å²) < 4.78 is 0. The number of hydrogen-bond donors (Lipinski definition) is 1. The largest absolute Gasteiger partial charge is 0.397 e. The molecule has 1 unspecified atom stereocenters. The van der Waals surface area contributed by atoms with E-state index in [0.717, 1.165) is 18.1 Å². The summed E-state index contributed by atoms with van der Waals surface area (Å²) in [6, 6.07) is 5.44. The third-order valence-electron chi connectivity index (χ3n) is 2.91. The lowest BCUT2D eigenvalue weighted by Crippen LogP contribution is -2.44. The van der Waals surface area contributed by atoms with Gasteiger partial charge in [0.15, 0.2) is 0 Å². The highest BCUT2D eigenvalue weighted by Gasteiger charge is 2.26. The number of amides is 1.